The van der Waals surface area contributed by atoms with Gasteiger partial charge in [-0.25, -0.2) is 0 Å². The Morgan fingerprint density at radius 2 is 0.900 bits per heavy atom. The SMILES string of the molecule is C[CH]CCCCCCCC/C=C\CCCCCCCC. The van der Waals surface area contributed by atoms with Gasteiger partial charge in [-0.05, 0) is 32.1 Å². The third-order valence-corrected chi connectivity index (χ3v) is 4.00. The molecule has 0 heteroatoms. The Kier molecular flexibility index (Phi) is 18.5. The number of hydrogen-bond donors (Lipinski definition) is 0. The van der Waals surface area contributed by atoms with Gasteiger partial charge in [-0.1, -0.05) is 96.6 Å². The maximum absolute atomic E-state index is 2.41. The lowest BCUT2D eigenvalue weighted by Crippen LogP contribution is -1.80. The number of hydrogen-bond acceptors (Lipinski definition) is 0. The lowest BCUT2D eigenvalue weighted by molar-refractivity contribution is 0.594. The highest BCUT2D eigenvalue weighted by atomic mass is 14.0. The molecule has 0 rings (SSSR count). The number of allylic oxidation sites excluding steroid dienone is 2. The van der Waals surface area contributed by atoms with Gasteiger partial charge in [0.2, 0.25) is 0 Å². The zero-order valence-electron chi connectivity index (χ0n) is 14.3. The van der Waals surface area contributed by atoms with Gasteiger partial charge in [0.05, 0.1) is 0 Å². The van der Waals surface area contributed by atoms with Crippen LogP contribution in [0, 0.1) is 6.42 Å². The first-order valence-electron chi connectivity index (χ1n) is 9.34. The van der Waals surface area contributed by atoms with Crippen molar-refractivity contribution in [3.05, 3.63) is 18.6 Å². The van der Waals surface area contributed by atoms with Crippen LogP contribution in [0.1, 0.15) is 110 Å². The molecule has 0 unspecified atom stereocenters. The average molecular weight is 280 g/mol. The summed E-state index contributed by atoms with van der Waals surface area (Å²) < 4.78 is 0. The fourth-order valence-corrected chi connectivity index (χ4v) is 2.60. The summed E-state index contributed by atoms with van der Waals surface area (Å²) in [6.07, 6.45) is 28.1. The summed E-state index contributed by atoms with van der Waals surface area (Å²) in [6, 6.07) is 0. The monoisotopic (exact) mass is 279 g/mol. The maximum atomic E-state index is 2.41. The molecular formula is C20H39. The fourth-order valence-electron chi connectivity index (χ4n) is 2.60. The standard InChI is InChI=1S/C20H39/c1-3-5-7-9-11-13-15-17-19-20-18-16-14-12-10-8-6-4-2/h3,18,20H,4-17,19H2,1-2H3/b20-18-. The quantitative estimate of drug-likeness (QED) is 0.201. The molecule has 119 valence electrons. The summed E-state index contributed by atoms with van der Waals surface area (Å²) in [6.45, 7) is 4.45. The highest BCUT2D eigenvalue weighted by Crippen LogP contribution is 2.10. The van der Waals surface area contributed by atoms with Crippen LogP contribution < -0.4 is 0 Å². The summed E-state index contributed by atoms with van der Waals surface area (Å²) in [5, 5.41) is 0. The van der Waals surface area contributed by atoms with E-state index in [1.165, 1.54) is 96.3 Å². The second kappa shape index (κ2) is 18.7. The summed E-state index contributed by atoms with van der Waals surface area (Å²) in [5.74, 6) is 0. The summed E-state index contributed by atoms with van der Waals surface area (Å²) >= 11 is 0. The molecule has 0 fully saturated rings. The van der Waals surface area contributed by atoms with Gasteiger partial charge in [-0.15, -0.1) is 0 Å². The van der Waals surface area contributed by atoms with Crippen LogP contribution in [0.4, 0.5) is 0 Å². The Morgan fingerprint density at radius 3 is 1.35 bits per heavy atom. The minimum absolute atomic E-state index is 1.30. The Hall–Kier alpha value is -0.260. The van der Waals surface area contributed by atoms with Crippen molar-refractivity contribution >= 4 is 0 Å². The van der Waals surface area contributed by atoms with Crippen molar-refractivity contribution in [2.75, 3.05) is 0 Å². The lowest BCUT2D eigenvalue weighted by atomic mass is 10.1. The normalized spacial score (nSPS) is 11.5. The van der Waals surface area contributed by atoms with E-state index in [0.29, 0.717) is 0 Å². The molecule has 0 saturated carbocycles. The van der Waals surface area contributed by atoms with Crippen molar-refractivity contribution in [3.63, 3.8) is 0 Å². The first-order chi connectivity index (χ1) is 9.91. The molecule has 0 aromatic heterocycles. The van der Waals surface area contributed by atoms with E-state index in [1.54, 1.807) is 0 Å². The highest BCUT2D eigenvalue weighted by Gasteiger charge is 1.91. The minimum Gasteiger partial charge on any atom is -0.0885 e. The van der Waals surface area contributed by atoms with E-state index < -0.39 is 0 Å². The molecule has 0 saturated heterocycles. The van der Waals surface area contributed by atoms with Crippen LogP contribution in [-0.2, 0) is 0 Å². The van der Waals surface area contributed by atoms with Crippen molar-refractivity contribution in [1.82, 2.24) is 0 Å². The van der Waals surface area contributed by atoms with Crippen LogP contribution in [-0.4, -0.2) is 0 Å². The first-order valence-corrected chi connectivity index (χ1v) is 9.34. The van der Waals surface area contributed by atoms with Crippen LogP contribution in [0.2, 0.25) is 0 Å². The molecule has 0 amide bonds. The predicted molar refractivity (Wildman–Crippen MR) is 94.0 cm³/mol. The van der Waals surface area contributed by atoms with E-state index in [1.807, 2.05) is 0 Å². The molecule has 0 spiro atoms. The van der Waals surface area contributed by atoms with Gasteiger partial charge in [0.15, 0.2) is 0 Å². The molecule has 0 N–H and O–H groups in total. The molecular weight excluding hydrogens is 240 g/mol. The minimum atomic E-state index is 1.30. The van der Waals surface area contributed by atoms with E-state index in [0.717, 1.165) is 0 Å². The van der Waals surface area contributed by atoms with Crippen LogP contribution in [0.5, 0.6) is 0 Å². The van der Waals surface area contributed by atoms with Crippen molar-refractivity contribution in [3.8, 4) is 0 Å². The van der Waals surface area contributed by atoms with Gasteiger partial charge in [0, 0.05) is 0 Å². The number of rotatable bonds is 16. The number of unbranched alkanes of at least 4 members (excludes halogenated alkanes) is 14. The maximum Gasteiger partial charge on any atom is -0.0351 e. The molecule has 0 bridgehead atoms. The Labute approximate surface area is 129 Å². The van der Waals surface area contributed by atoms with Crippen molar-refractivity contribution in [2.45, 2.75) is 110 Å². The Bertz CT molecular complexity index is 180. The molecule has 0 atom stereocenters. The second-order valence-corrected chi connectivity index (χ2v) is 6.13. The predicted octanol–water partition coefficient (Wildman–Crippen LogP) is 7.64. The highest BCUT2D eigenvalue weighted by molar-refractivity contribution is 4.81. The van der Waals surface area contributed by atoms with E-state index in [4.69, 9.17) is 0 Å². The van der Waals surface area contributed by atoms with Gasteiger partial charge >= 0.3 is 0 Å². The zero-order valence-corrected chi connectivity index (χ0v) is 14.3. The molecule has 0 nitrogen and oxygen atoms in total. The first kappa shape index (κ1) is 19.7. The fraction of sp³-hybridized carbons (Fsp3) is 0.850. The molecule has 0 heterocycles. The summed E-state index contributed by atoms with van der Waals surface area (Å²) in [7, 11) is 0. The third kappa shape index (κ3) is 17.7. The molecule has 0 aromatic carbocycles. The van der Waals surface area contributed by atoms with Crippen LogP contribution in [0.15, 0.2) is 12.2 Å². The molecule has 1 radical (unpaired) electrons. The summed E-state index contributed by atoms with van der Waals surface area (Å²) in [5.41, 5.74) is 0. The van der Waals surface area contributed by atoms with Crippen molar-refractivity contribution < 1.29 is 0 Å². The van der Waals surface area contributed by atoms with Gasteiger partial charge < -0.3 is 0 Å². The molecule has 0 aliphatic carbocycles. The van der Waals surface area contributed by atoms with Crippen LogP contribution in [0.3, 0.4) is 0 Å². The van der Waals surface area contributed by atoms with Gasteiger partial charge in [0.25, 0.3) is 0 Å². The summed E-state index contributed by atoms with van der Waals surface area (Å²) in [4.78, 5) is 0. The lowest BCUT2D eigenvalue weighted by Gasteiger charge is -2.00. The van der Waals surface area contributed by atoms with Crippen molar-refractivity contribution in [1.29, 1.82) is 0 Å². The molecule has 0 aliphatic rings. The smallest absolute Gasteiger partial charge is 0.0351 e. The van der Waals surface area contributed by atoms with E-state index in [2.05, 4.69) is 32.4 Å². The zero-order chi connectivity index (χ0) is 14.7. The Morgan fingerprint density at radius 1 is 0.500 bits per heavy atom. The van der Waals surface area contributed by atoms with Crippen LogP contribution in [0.25, 0.3) is 0 Å². The van der Waals surface area contributed by atoms with E-state index >= 15 is 0 Å². The van der Waals surface area contributed by atoms with Gasteiger partial charge in [0.1, 0.15) is 0 Å². The van der Waals surface area contributed by atoms with Crippen molar-refractivity contribution in [2.24, 2.45) is 0 Å². The topological polar surface area (TPSA) is 0 Å². The molecule has 20 heavy (non-hydrogen) atoms. The van der Waals surface area contributed by atoms with Crippen LogP contribution >= 0.6 is 0 Å². The van der Waals surface area contributed by atoms with E-state index in [-0.39, 0.29) is 0 Å². The van der Waals surface area contributed by atoms with Gasteiger partial charge in [-0.2, -0.15) is 0 Å². The Balaban J connectivity index is 3.01. The van der Waals surface area contributed by atoms with E-state index in [9.17, 15) is 0 Å². The average Bonchev–Trinajstić information content (AvgIpc) is 2.47. The third-order valence-electron chi connectivity index (χ3n) is 4.00. The largest absolute Gasteiger partial charge is 0.0885 e. The second-order valence-electron chi connectivity index (χ2n) is 6.13. The molecule has 0 aliphatic heterocycles. The van der Waals surface area contributed by atoms with Gasteiger partial charge in [-0.3, -0.25) is 0 Å². The molecule has 0 aromatic rings.